The topological polar surface area (TPSA) is 112 Å². The van der Waals surface area contributed by atoms with Gasteiger partial charge in [-0.3, -0.25) is 19.5 Å². The van der Waals surface area contributed by atoms with E-state index in [4.69, 9.17) is 10.00 Å². The molecule has 3 heterocycles. The second kappa shape index (κ2) is 7.96. The number of likely N-dealkylation sites (tertiary alicyclic amines) is 1. The molecule has 8 nitrogen and oxygen atoms in total. The van der Waals surface area contributed by atoms with E-state index in [1.54, 1.807) is 36.5 Å². The van der Waals surface area contributed by atoms with Gasteiger partial charge in [0.25, 0.3) is 0 Å². The molecule has 5 rings (SSSR count). The normalized spacial score (nSPS) is 13.5. The van der Waals surface area contributed by atoms with Crippen LogP contribution >= 0.6 is 0 Å². The Labute approximate surface area is 183 Å². The summed E-state index contributed by atoms with van der Waals surface area (Å²) in [6.07, 6.45) is 2.14. The Morgan fingerprint density at radius 2 is 1.84 bits per heavy atom. The fourth-order valence-electron chi connectivity index (χ4n) is 3.62. The molecule has 0 unspecified atom stereocenters. The van der Waals surface area contributed by atoms with E-state index in [9.17, 15) is 9.59 Å². The molecular weight excluding hydrogens is 406 g/mol. The molecule has 0 spiro atoms. The van der Waals surface area contributed by atoms with Crippen LogP contribution < -0.4 is 4.74 Å². The van der Waals surface area contributed by atoms with Gasteiger partial charge in [0.1, 0.15) is 17.2 Å². The van der Waals surface area contributed by atoms with E-state index < -0.39 is 0 Å². The SMILES string of the molecule is N#Cc1ccc(Oc2cc3nc(-c4ccccn4)[nH]c3cc2CN2C(=O)CCC2=O)cc1. The number of aromatic nitrogens is 3. The fourth-order valence-corrected chi connectivity index (χ4v) is 3.62. The number of carbonyl (C=O) groups excluding carboxylic acids is 2. The predicted octanol–water partition coefficient (Wildman–Crippen LogP) is 3.94. The van der Waals surface area contributed by atoms with Crippen LogP contribution in [0.2, 0.25) is 0 Å². The van der Waals surface area contributed by atoms with E-state index in [1.165, 1.54) is 4.90 Å². The van der Waals surface area contributed by atoms with Crippen molar-refractivity contribution in [3.05, 3.63) is 71.9 Å². The molecule has 8 heteroatoms. The number of hydrogen-bond donors (Lipinski definition) is 1. The van der Waals surface area contributed by atoms with Gasteiger partial charge < -0.3 is 9.72 Å². The van der Waals surface area contributed by atoms with Crippen LogP contribution in [0.4, 0.5) is 0 Å². The molecule has 4 aromatic rings. The van der Waals surface area contributed by atoms with Gasteiger partial charge in [-0.1, -0.05) is 6.07 Å². The Morgan fingerprint density at radius 1 is 1.06 bits per heavy atom. The zero-order valence-corrected chi connectivity index (χ0v) is 16.9. The number of rotatable bonds is 5. The van der Waals surface area contributed by atoms with Crippen LogP contribution in [0.15, 0.2) is 60.8 Å². The number of nitriles is 1. The number of nitrogens with one attached hydrogen (secondary N) is 1. The average Bonchev–Trinajstić information content (AvgIpc) is 3.38. The van der Waals surface area contributed by atoms with Gasteiger partial charge in [-0.25, -0.2) is 4.98 Å². The van der Waals surface area contributed by atoms with Crippen molar-refractivity contribution in [3.63, 3.8) is 0 Å². The first-order chi connectivity index (χ1) is 15.6. The lowest BCUT2D eigenvalue weighted by Crippen LogP contribution is -2.28. The first-order valence-corrected chi connectivity index (χ1v) is 10.1. The molecule has 1 N–H and O–H groups in total. The molecule has 1 aliphatic rings. The number of fused-ring (bicyclic) bond motifs is 1. The Hall–Kier alpha value is -4.51. The van der Waals surface area contributed by atoms with Crippen molar-refractivity contribution in [2.24, 2.45) is 0 Å². The number of carbonyl (C=O) groups is 2. The number of benzene rings is 2. The van der Waals surface area contributed by atoms with Gasteiger partial charge in [0.2, 0.25) is 11.8 Å². The van der Waals surface area contributed by atoms with Crippen molar-refractivity contribution in [1.29, 1.82) is 5.26 Å². The monoisotopic (exact) mass is 423 g/mol. The van der Waals surface area contributed by atoms with Gasteiger partial charge in [-0.15, -0.1) is 0 Å². The number of nitrogens with zero attached hydrogens (tertiary/aromatic N) is 4. The smallest absolute Gasteiger partial charge is 0.230 e. The minimum absolute atomic E-state index is 0.108. The third-order valence-corrected chi connectivity index (χ3v) is 5.27. The molecule has 156 valence electrons. The van der Waals surface area contributed by atoms with Crippen molar-refractivity contribution in [1.82, 2.24) is 19.9 Å². The maximum absolute atomic E-state index is 12.2. The standard InChI is InChI=1S/C24H17N5O3/c25-13-15-4-6-17(7-5-15)32-21-12-20-19(27-24(28-20)18-3-1-2-10-26-18)11-16(21)14-29-22(30)8-9-23(29)31/h1-7,10-12H,8-9,14H2,(H,27,28). The Bertz CT molecular complexity index is 1350. The number of imidazole rings is 1. The molecule has 0 atom stereocenters. The Kier molecular flexibility index (Phi) is 4.84. The third-order valence-electron chi connectivity index (χ3n) is 5.27. The first-order valence-electron chi connectivity index (χ1n) is 10.1. The number of amides is 2. The molecule has 1 saturated heterocycles. The summed E-state index contributed by atoms with van der Waals surface area (Å²) in [5, 5.41) is 9.01. The summed E-state index contributed by atoms with van der Waals surface area (Å²) in [4.78, 5) is 37.8. The van der Waals surface area contributed by atoms with E-state index in [0.717, 1.165) is 5.52 Å². The summed E-state index contributed by atoms with van der Waals surface area (Å²) < 4.78 is 6.08. The quantitative estimate of drug-likeness (QED) is 0.487. The summed E-state index contributed by atoms with van der Waals surface area (Å²) in [6, 6.07) is 18.0. The van der Waals surface area contributed by atoms with Crippen LogP contribution in [0.25, 0.3) is 22.6 Å². The summed E-state index contributed by atoms with van der Waals surface area (Å²) in [7, 11) is 0. The molecule has 1 fully saturated rings. The highest BCUT2D eigenvalue weighted by atomic mass is 16.5. The summed E-state index contributed by atoms with van der Waals surface area (Å²) in [5.41, 5.74) is 3.30. The molecule has 0 radical (unpaired) electrons. The minimum atomic E-state index is -0.196. The number of imide groups is 1. The van der Waals surface area contributed by atoms with Gasteiger partial charge >= 0.3 is 0 Å². The first kappa shape index (κ1) is 19.5. The molecule has 1 aliphatic heterocycles. The lowest BCUT2D eigenvalue weighted by molar-refractivity contribution is -0.139. The van der Waals surface area contributed by atoms with Crippen molar-refractivity contribution in [3.8, 4) is 29.1 Å². The van der Waals surface area contributed by atoms with E-state index >= 15 is 0 Å². The second-order valence-electron chi connectivity index (χ2n) is 7.39. The van der Waals surface area contributed by atoms with Crippen LogP contribution in [0.3, 0.4) is 0 Å². The average molecular weight is 423 g/mol. The molecular formula is C24H17N5O3. The summed E-state index contributed by atoms with van der Waals surface area (Å²) in [5.74, 6) is 1.23. The van der Waals surface area contributed by atoms with Gasteiger partial charge in [0.05, 0.1) is 29.2 Å². The second-order valence-corrected chi connectivity index (χ2v) is 7.39. The van der Waals surface area contributed by atoms with Crippen molar-refractivity contribution < 1.29 is 14.3 Å². The van der Waals surface area contributed by atoms with Crippen LogP contribution in [0.5, 0.6) is 11.5 Å². The molecule has 2 aromatic heterocycles. The Balaban J connectivity index is 1.57. The maximum atomic E-state index is 12.2. The van der Waals surface area contributed by atoms with Crippen molar-refractivity contribution >= 4 is 22.8 Å². The van der Waals surface area contributed by atoms with Crippen LogP contribution in [-0.2, 0) is 16.1 Å². The lowest BCUT2D eigenvalue weighted by atomic mass is 10.1. The van der Waals surface area contributed by atoms with Crippen molar-refractivity contribution in [2.45, 2.75) is 19.4 Å². The highest BCUT2D eigenvalue weighted by molar-refractivity contribution is 6.02. The number of hydrogen-bond acceptors (Lipinski definition) is 6. The predicted molar refractivity (Wildman–Crippen MR) is 115 cm³/mol. The highest BCUT2D eigenvalue weighted by Crippen LogP contribution is 2.32. The third kappa shape index (κ3) is 3.68. The van der Waals surface area contributed by atoms with E-state index in [1.807, 2.05) is 24.3 Å². The van der Waals surface area contributed by atoms with E-state index in [0.29, 0.717) is 39.7 Å². The zero-order chi connectivity index (χ0) is 22.1. The molecule has 2 amide bonds. The van der Waals surface area contributed by atoms with Crippen LogP contribution in [0.1, 0.15) is 24.0 Å². The van der Waals surface area contributed by atoms with Gasteiger partial charge in [0.15, 0.2) is 5.82 Å². The number of H-pyrrole nitrogens is 1. The minimum Gasteiger partial charge on any atom is -0.457 e. The molecule has 32 heavy (non-hydrogen) atoms. The molecule has 0 bridgehead atoms. The van der Waals surface area contributed by atoms with Crippen LogP contribution in [-0.4, -0.2) is 31.7 Å². The van der Waals surface area contributed by atoms with Gasteiger partial charge in [-0.05, 0) is 42.5 Å². The number of ether oxygens (including phenoxy) is 1. The van der Waals surface area contributed by atoms with E-state index in [-0.39, 0.29) is 31.2 Å². The van der Waals surface area contributed by atoms with E-state index in [2.05, 4.69) is 21.0 Å². The zero-order valence-electron chi connectivity index (χ0n) is 16.9. The van der Waals surface area contributed by atoms with Crippen LogP contribution in [0, 0.1) is 11.3 Å². The number of pyridine rings is 1. The van der Waals surface area contributed by atoms with Crippen molar-refractivity contribution in [2.75, 3.05) is 0 Å². The van der Waals surface area contributed by atoms with Gasteiger partial charge in [0, 0.05) is 30.7 Å². The maximum Gasteiger partial charge on any atom is 0.230 e. The van der Waals surface area contributed by atoms with Gasteiger partial charge in [-0.2, -0.15) is 5.26 Å². The highest BCUT2D eigenvalue weighted by Gasteiger charge is 2.30. The molecule has 0 aliphatic carbocycles. The molecule has 2 aromatic carbocycles. The largest absolute Gasteiger partial charge is 0.457 e. The summed E-state index contributed by atoms with van der Waals surface area (Å²) in [6.45, 7) is 0.108. The summed E-state index contributed by atoms with van der Waals surface area (Å²) >= 11 is 0. The fraction of sp³-hybridized carbons (Fsp3) is 0.125. The Morgan fingerprint density at radius 3 is 2.53 bits per heavy atom. The molecule has 0 saturated carbocycles. The lowest BCUT2D eigenvalue weighted by Gasteiger charge is -2.17. The number of aromatic amines is 1.